The Bertz CT molecular complexity index is 664. The maximum Gasteiger partial charge on any atom is 0.238 e. The average molecular weight is 324 g/mol. The maximum atomic E-state index is 11.3. The number of benzene rings is 1. The fourth-order valence-electron chi connectivity index (χ4n) is 2.23. The van der Waals surface area contributed by atoms with Crippen molar-refractivity contribution in [2.45, 2.75) is 37.2 Å². The van der Waals surface area contributed by atoms with Gasteiger partial charge in [-0.3, -0.25) is 0 Å². The monoisotopic (exact) mass is 324 g/mol. The molecular weight excluding hydrogens is 304 g/mol. The Kier molecular flexibility index (Phi) is 5.16. The molecule has 6 heteroatoms. The van der Waals surface area contributed by atoms with Crippen molar-refractivity contribution in [2.75, 3.05) is 0 Å². The first kappa shape index (κ1) is 16.2. The molecule has 0 bridgehead atoms. The van der Waals surface area contributed by atoms with E-state index in [0.29, 0.717) is 6.04 Å². The van der Waals surface area contributed by atoms with Gasteiger partial charge in [0.15, 0.2) is 0 Å². The van der Waals surface area contributed by atoms with Crippen LogP contribution < -0.4 is 10.5 Å². The SMILES string of the molecule is CCC(NC(C)c1ccc(S(N)(=O)=O)cc1)c1cccs1. The molecule has 21 heavy (non-hydrogen) atoms. The van der Waals surface area contributed by atoms with Crippen LogP contribution in [-0.2, 0) is 10.0 Å². The van der Waals surface area contributed by atoms with Crippen LogP contribution >= 0.6 is 11.3 Å². The fourth-order valence-corrected chi connectivity index (χ4v) is 3.62. The van der Waals surface area contributed by atoms with Crippen molar-refractivity contribution >= 4 is 21.4 Å². The lowest BCUT2D eigenvalue weighted by atomic mass is 10.1. The van der Waals surface area contributed by atoms with Crippen molar-refractivity contribution < 1.29 is 8.42 Å². The molecule has 0 fully saturated rings. The van der Waals surface area contributed by atoms with Crippen molar-refractivity contribution in [3.63, 3.8) is 0 Å². The van der Waals surface area contributed by atoms with Gasteiger partial charge in [0.05, 0.1) is 4.90 Å². The highest BCUT2D eigenvalue weighted by Gasteiger charge is 2.15. The smallest absolute Gasteiger partial charge is 0.238 e. The van der Waals surface area contributed by atoms with E-state index in [0.717, 1.165) is 12.0 Å². The quantitative estimate of drug-likeness (QED) is 0.857. The van der Waals surface area contributed by atoms with E-state index in [9.17, 15) is 8.42 Å². The summed E-state index contributed by atoms with van der Waals surface area (Å²) in [6.45, 7) is 4.22. The van der Waals surface area contributed by atoms with Crippen LogP contribution in [0.15, 0.2) is 46.7 Å². The van der Waals surface area contributed by atoms with Crippen molar-refractivity contribution in [3.05, 3.63) is 52.2 Å². The first-order valence-corrected chi connectivity index (χ1v) is 9.26. The largest absolute Gasteiger partial charge is 0.303 e. The summed E-state index contributed by atoms with van der Waals surface area (Å²) in [5.41, 5.74) is 1.04. The molecule has 1 heterocycles. The van der Waals surface area contributed by atoms with Crippen LogP contribution in [0.4, 0.5) is 0 Å². The summed E-state index contributed by atoms with van der Waals surface area (Å²) in [4.78, 5) is 1.45. The molecule has 1 aromatic carbocycles. The third-order valence-corrected chi connectivity index (χ3v) is 5.37. The highest BCUT2D eigenvalue weighted by molar-refractivity contribution is 7.89. The van der Waals surface area contributed by atoms with Gasteiger partial charge in [0, 0.05) is 17.0 Å². The summed E-state index contributed by atoms with van der Waals surface area (Å²) in [5, 5.41) is 10.8. The molecule has 3 N–H and O–H groups in total. The topological polar surface area (TPSA) is 72.2 Å². The van der Waals surface area contributed by atoms with Crippen LogP contribution in [0.5, 0.6) is 0 Å². The third kappa shape index (κ3) is 4.14. The fraction of sp³-hybridized carbons (Fsp3) is 0.333. The predicted octanol–water partition coefficient (Wildman–Crippen LogP) is 3.20. The molecule has 1 aromatic heterocycles. The molecule has 0 aliphatic rings. The molecule has 2 unspecified atom stereocenters. The average Bonchev–Trinajstić information content (AvgIpc) is 2.97. The van der Waals surface area contributed by atoms with Gasteiger partial charge in [-0.05, 0) is 42.5 Å². The zero-order chi connectivity index (χ0) is 15.5. The van der Waals surface area contributed by atoms with Gasteiger partial charge in [-0.2, -0.15) is 0 Å². The molecule has 4 nitrogen and oxygen atoms in total. The van der Waals surface area contributed by atoms with Gasteiger partial charge in [-0.25, -0.2) is 13.6 Å². The molecule has 2 atom stereocenters. The minimum absolute atomic E-state index is 0.131. The maximum absolute atomic E-state index is 11.3. The number of hydrogen-bond donors (Lipinski definition) is 2. The summed E-state index contributed by atoms with van der Waals surface area (Å²) < 4.78 is 22.5. The molecule has 2 aromatic rings. The second-order valence-electron chi connectivity index (χ2n) is 4.98. The molecule has 0 radical (unpaired) electrons. The predicted molar refractivity (Wildman–Crippen MR) is 86.7 cm³/mol. The van der Waals surface area contributed by atoms with E-state index in [1.54, 1.807) is 35.6 Å². The number of thiophene rings is 1. The number of primary sulfonamides is 1. The number of rotatable bonds is 6. The van der Waals surface area contributed by atoms with Gasteiger partial charge < -0.3 is 5.32 Å². The Hall–Kier alpha value is -1.21. The van der Waals surface area contributed by atoms with Crippen LogP contribution in [0.1, 0.15) is 42.8 Å². The lowest BCUT2D eigenvalue weighted by Gasteiger charge is -2.22. The first-order valence-electron chi connectivity index (χ1n) is 6.84. The molecule has 0 aliphatic carbocycles. The standard InChI is InChI=1S/C15H20N2O2S2/c1-3-14(15-5-4-10-20-15)17-11(2)12-6-8-13(9-7-12)21(16,18)19/h4-11,14,17H,3H2,1-2H3,(H2,16,18,19). The van der Waals surface area contributed by atoms with Crippen LogP contribution in [0, 0.1) is 0 Å². The Morgan fingerprint density at radius 1 is 1.24 bits per heavy atom. The minimum atomic E-state index is -3.63. The molecule has 0 amide bonds. The molecule has 0 spiro atoms. The summed E-state index contributed by atoms with van der Waals surface area (Å²) in [6.07, 6.45) is 1.00. The van der Waals surface area contributed by atoms with Crippen molar-refractivity contribution in [2.24, 2.45) is 5.14 Å². The molecule has 0 aliphatic heterocycles. The van der Waals surface area contributed by atoms with E-state index < -0.39 is 10.0 Å². The van der Waals surface area contributed by atoms with E-state index in [-0.39, 0.29) is 10.9 Å². The first-order chi connectivity index (χ1) is 9.91. The third-order valence-electron chi connectivity index (χ3n) is 3.45. The van der Waals surface area contributed by atoms with Crippen molar-refractivity contribution in [1.29, 1.82) is 0 Å². The van der Waals surface area contributed by atoms with Crippen LogP contribution in [0.3, 0.4) is 0 Å². The lowest BCUT2D eigenvalue weighted by molar-refractivity contribution is 0.462. The van der Waals surface area contributed by atoms with Crippen molar-refractivity contribution in [3.8, 4) is 0 Å². The summed E-state index contributed by atoms with van der Waals surface area (Å²) >= 11 is 1.74. The molecule has 0 saturated carbocycles. The summed E-state index contributed by atoms with van der Waals surface area (Å²) in [5.74, 6) is 0. The van der Waals surface area contributed by atoms with E-state index in [1.807, 2.05) is 0 Å². The summed E-state index contributed by atoms with van der Waals surface area (Å²) in [6, 6.07) is 11.3. The molecule has 0 saturated heterocycles. The zero-order valence-corrected chi connectivity index (χ0v) is 13.7. The zero-order valence-electron chi connectivity index (χ0n) is 12.1. The van der Waals surface area contributed by atoms with Crippen LogP contribution in [-0.4, -0.2) is 8.42 Å². The minimum Gasteiger partial charge on any atom is -0.303 e. The normalized spacial score (nSPS) is 14.8. The number of nitrogens with two attached hydrogens (primary N) is 1. The number of hydrogen-bond acceptors (Lipinski definition) is 4. The van der Waals surface area contributed by atoms with Gasteiger partial charge in [0.1, 0.15) is 0 Å². The van der Waals surface area contributed by atoms with Crippen molar-refractivity contribution in [1.82, 2.24) is 5.32 Å². The second kappa shape index (κ2) is 6.70. The van der Waals surface area contributed by atoms with E-state index >= 15 is 0 Å². The number of sulfonamides is 1. The highest BCUT2D eigenvalue weighted by atomic mass is 32.2. The van der Waals surface area contributed by atoms with Crippen LogP contribution in [0.25, 0.3) is 0 Å². The van der Waals surface area contributed by atoms with Gasteiger partial charge in [-0.1, -0.05) is 25.1 Å². The van der Waals surface area contributed by atoms with E-state index in [1.165, 1.54) is 4.88 Å². The summed E-state index contributed by atoms with van der Waals surface area (Å²) in [7, 11) is -3.63. The number of nitrogens with one attached hydrogen (secondary N) is 1. The molecular formula is C15H20N2O2S2. The Labute approximate surface area is 130 Å². The Balaban J connectivity index is 2.11. The Morgan fingerprint density at radius 2 is 1.90 bits per heavy atom. The molecule has 2 rings (SSSR count). The van der Waals surface area contributed by atoms with Gasteiger partial charge >= 0.3 is 0 Å². The Morgan fingerprint density at radius 3 is 2.38 bits per heavy atom. The van der Waals surface area contributed by atoms with Crippen LogP contribution in [0.2, 0.25) is 0 Å². The van der Waals surface area contributed by atoms with E-state index in [4.69, 9.17) is 5.14 Å². The second-order valence-corrected chi connectivity index (χ2v) is 7.52. The van der Waals surface area contributed by atoms with E-state index in [2.05, 4.69) is 36.7 Å². The van der Waals surface area contributed by atoms with Gasteiger partial charge in [-0.15, -0.1) is 11.3 Å². The molecule has 114 valence electrons. The lowest BCUT2D eigenvalue weighted by Crippen LogP contribution is -2.23. The highest BCUT2D eigenvalue weighted by Crippen LogP contribution is 2.25. The van der Waals surface area contributed by atoms with Gasteiger partial charge in [0.25, 0.3) is 0 Å². The van der Waals surface area contributed by atoms with Gasteiger partial charge in [0.2, 0.25) is 10.0 Å².